The Hall–Kier alpha value is -1.93. The number of carboxylic acids is 1. The standard InChI is InChI=1S/C18H26N2O5S/c1-12(2)17(18(22)23)20-16(21)9-10-19-26(24,25)15-8-7-13-5-3-4-6-14(13)11-15/h7-8,11-12,17,19H,3-6,9-10H2,1-2H3,(H,20,21)(H,22,23)/t17-/m1/s1. The molecule has 144 valence electrons. The Bertz CT molecular complexity index is 774. The lowest BCUT2D eigenvalue weighted by atomic mass is 9.92. The minimum Gasteiger partial charge on any atom is -0.480 e. The van der Waals surface area contributed by atoms with Crippen LogP contribution < -0.4 is 10.0 Å². The molecule has 0 spiro atoms. The number of hydrogen-bond donors (Lipinski definition) is 3. The normalized spacial score (nSPS) is 15.3. The molecule has 0 heterocycles. The molecule has 26 heavy (non-hydrogen) atoms. The van der Waals surface area contributed by atoms with Crippen LogP contribution in [0.3, 0.4) is 0 Å². The van der Waals surface area contributed by atoms with Crippen LogP contribution in [0.15, 0.2) is 23.1 Å². The summed E-state index contributed by atoms with van der Waals surface area (Å²) in [6.07, 6.45) is 3.92. The molecular formula is C18H26N2O5S. The summed E-state index contributed by atoms with van der Waals surface area (Å²) in [5.74, 6) is -1.87. The maximum atomic E-state index is 12.4. The van der Waals surface area contributed by atoms with Crippen molar-refractivity contribution in [2.45, 2.75) is 56.9 Å². The summed E-state index contributed by atoms with van der Waals surface area (Å²) in [4.78, 5) is 23.2. The maximum Gasteiger partial charge on any atom is 0.326 e. The Morgan fingerprint density at radius 1 is 1.15 bits per heavy atom. The zero-order valence-electron chi connectivity index (χ0n) is 15.1. The first-order valence-corrected chi connectivity index (χ1v) is 10.3. The predicted molar refractivity (Wildman–Crippen MR) is 97.3 cm³/mol. The Morgan fingerprint density at radius 3 is 2.42 bits per heavy atom. The molecule has 1 aliphatic rings. The predicted octanol–water partition coefficient (Wildman–Crippen LogP) is 1.46. The van der Waals surface area contributed by atoms with Gasteiger partial charge in [0, 0.05) is 13.0 Å². The van der Waals surface area contributed by atoms with Crippen molar-refractivity contribution >= 4 is 21.9 Å². The number of carbonyl (C=O) groups is 2. The molecule has 0 saturated carbocycles. The molecule has 1 aromatic carbocycles. The van der Waals surface area contributed by atoms with Crippen molar-refractivity contribution in [3.05, 3.63) is 29.3 Å². The van der Waals surface area contributed by atoms with Crippen molar-refractivity contribution < 1.29 is 23.1 Å². The van der Waals surface area contributed by atoms with Gasteiger partial charge in [0.05, 0.1) is 4.90 Å². The number of carboxylic acid groups (broad SMARTS) is 1. The van der Waals surface area contributed by atoms with E-state index in [1.807, 2.05) is 6.07 Å². The van der Waals surface area contributed by atoms with E-state index >= 15 is 0 Å². The van der Waals surface area contributed by atoms with Gasteiger partial charge in [0.15, 0.2) is 0 Å². The van der Waals surface area contributed by atoms with Crippen LogP contribution in [-0.2, 0) is 32.5 Å². The summed E-state index contributed by atoms with van der Waals surface area (Å²) in [6.45, 7) is 3.30. The Kier molecular flexibility index (Phi) is 6.77. The number of aliphatic carboxylic acids is 1. The second kappa shape index (κ2) is 8.64. The lowest BCUT2D eigenvalue weighted by Crippen LogP contribution is -2.45. The second-order valence-corrected chi connectivity index (χ2v) is 8.68. The van der Waals surface area contributed by atoms with Gasteiger partial charge in [-0.25, -0.2) is 17.9 Å². The van der Waals surface area contributed by atoms with E-state index in [2.05, 4.69) is 10.0 Å². The molecule has 7 nitrogen and oxygen atoms in total. The molecule has 0 saturated heterocycles. The number of carbonyl (C=O) groups excluding carboxylic acids is 1. The highest BCUT2D eigenvalue weighted by Crippen LogP contribution is 2.24. The number of rotatable bonds is 8. The van der Waals surface area contributed by atoms with Crippen LogP contribution in [0.5, 0.6) is 0 Å². The van der Waals surface area contributed by atoms with Crippen LogP contribution in [0, 0.1) is 5.92 Å². The van der Waals surface area contributed by atoms with Crippen molar-refractivity contribution in [3.8, 4) is 0 Å². The van der Waals surface area contributed by atoms with Gasteiger partial charge in [0.1, 0.15) is 6.04 Å². The molecule has 1 aliphatic carbocycles. The molecular weight excluding hydrogens is 356 g/mol. The zero-order valence-corrected chi connectivity index (χ0v) is 15.9. The fourth-order valence-corrected chi connectivity index (χ4v) is 4.10. The third-order valence-corrected chi connectivity index (χ3v) is 5.98. The molecule has 0 aromatic heterocycles. The van der Waals surface area contributed by atoms with Gasteiger partial charge in [0.2, 0.25) is 15.9 Å². The van der Waals surface area contributed by atoms with Gasteiger partial charge >= 0.3 is 5.97 Å². The summed E-state index contributed by atoms with van der Waals surface area (Å²) in [7, 11) is -3.70. The molecule has 3 N–H and O–H groups in total. The van der Waals surface area contributed by atoms with Gasteiger partial charge in [-0.3, -0.25) is 4.79 Å². The van der Waals surface area contributed by atoms with Crippen LogP contribution in [0.25, 0.3) is 0 Å². The third kappa shape index (κ3) is 5.28. The van der Waals surface area contributed by atoms with E-state index in [1.54, 1.807) is 26.0 Å². The molecule has 0 aliphatic heterocycles. The lowest BCUT2D eigenvalue weighted by molar-refractivity contribution is -0.143. The van der Waals surface area contributed by atoms with Gasteiger partial charge in [-0.05, 0) is 54.9 Å². The zero-order chi connectivity index (χ0) is 19.3. The van der Waals surface area contributed by atoms with Crippen LogP contribution >= 0.6 is 0 Å². The van der Waals surface area contributed by atoms with E-state index in [0.717, 1.165) is 31.2 Å². The molecule has 1 amide bonds. The van der Waals surface area contributed by atoms with E-state index in [1.165, 1.54) is 5.56 Å². The van der Waals surface area contributed by atoms with Gasteiger partial charge < -0.3 is 10.4 Å². The second-order valence-electron chi connectivity index (χ2n) is 6.91. The van der Waals surface area contributed by atoms with Gasteiger partial charge in [-0.15, -0.1) is 0 Å². The minimum absolute atomic E-state index is 0.0876. The third-order valence-electron chi connectivity index (χ3n) is 4.52. The van der Waals surface area contributed by atoms with Crippen LogP contribution in [-0.4, -0.2) is 38.0 Å². The number of aryl methyl sites for hydroxylation is 2. The topological polar surface area (TPSA) is 113 Å². The molecule has 8 heteroatoms. The highest BCUT2D eigenvalue weighted by Gasteiger charge is 2.23. The van der Waals surface area contributed by atoms with E-state index in [-0.39, 0.29) is 23.8 Å². The molecule has 2 rings (SSSR count). The number of nitrogens with one attached hydrogen (secondary N) is 2. The largest absolute Gasteiger partial charge is 0.480 e. The van der Waals surface area contributed by atoms with Gasteiger partial charge in [0.25, 0.3) is 0 Å². The van der Waals surface area contributed by atoms with Gasteiger partial charge in [-0.1, -0.05) is 19.9 Å². The van der Waals surface area contributed by atoms with E-state index in [4.69, 9.17) is 5.11 Å². The Labute approximate surface area is 154 Å². The number of hydrogen-bond acceptors (Lipinski definition) is 4. The number of benzene rings is 1. The summed E-state index contributed by atoms with van der Waals surface area (Å²) in [5, 5.41) is 11.5. The fraction of sp³-hybridized carbons (Fsp3) is 0.556. The van der Waals surface area contributed by atoms with Crippen molar-refractivity contribution in [2.24, 2.45) is 5.92 Å². The molecule has 0 radical (unpaired) electrons. The van der Waals surface area contributed by atoms with Crippen molar-refractivity contribution in [3.63, 3.8) is 0 Å². The number of fused-ring (bicyclic) bond motifs is 1. The molecule has 0 fully saturated rings. The smallest absolute Gasteiger partial charge is 0.326 e. The number of sulfonamides is 1. The van der Waals surface area contributed by atoms with E-state index in [0.29, 0.717) is 0 Å². The van der Waals surface area contributed by atoms with Crippen LogP contribution in [0.4, 0.5) is 0 Å². The van der Waals surface area contributed by atoms with Crippen molar-refractivity contribution in [1.82, 2.24) is 10.0 Å². The molecule has 1 aromatic rings. The maximum absolute atomic E-state index is 12.4. The summed E-state index contributed by atoms with van der Waals surface area (Å²) < 4.78 is 27.2. The Morgan fingerprint density at radius 2 is 1.81 bits per heavy atom. The highest BCUT2D eigenvalue weighted by atomic mass is 32.2. The minimum atomic E-state index is -3.70. The first-order chi connectivity index (χ1) is 12.2. The van der Waals surface area contributed by atoms with Gasteiger partial charge in [-0.2, -0.15) is 0 Å². The van der Waals surface area contributed by atoms with E-state index < -0.39 is 27.9 Å². The molecule has 0 bridgehead atoms. The SMILES string of the molecule is CC(C)[C@@H](NC(=O)CCNS(=O)(=O)c1ccc2c(c1)CCCC2)C(=O)O. The average Bonchev–Trinajstić information content (AvgIpc) is 2.58. The monoisotopic (exact) mass is 382 g/mol. The van der Waals surface area contributed by atoms with Crippen molar-refractivity contribution in [2.75, 3.05) is 6.54 Å². The Balaban J connectivity index is 1.92. The van der Waals surface area contributed by atoms with E-state index in [9.17, 15) is 18.0 Å². The first-order valence-electron chi connectivity index (χ1n) is 8.84. The summed E-state index contributed by atoms with van der Waals surface area (Å²) in [6, 6.07) is 4.16. The van der Waals surface area contributed by atoms with Crippen LogP contribution in [0.2, 0.25) is 0 Å². The highest BCUT2D eigenvalue weighted by molar-refractivity contribution is 7.89. The average molecular weight is 382 g/mol. The van der Waals surface area contributed by atoms with Crippen LogP contribution in [0.1, 0.15) is 44.2 Å². The molecule has 0 unspecified atom stereocenters. The summed E-state index contributed by atoms with van der Waals surface area (Å²) in [5.41, 5.74) is 2.26. The lowest BCUT2D eigenvalue weighted by Gasteiger charge is -2.18. The number of amides is 1. The quantitative estimate of drug-likeness (QED) is 0.630. The van der Waals surface area contributed by atoms with Crippen molar-refractivity contribution in [1.29, 1.82) is 0 Å². The molecule has 1 atom stereocenters. The fourth-order valence-electron chi connectivity index (χ4n) is 3.02. The summed E-state index contributed by atoms with van der Waals surface area (Å²) >= 11 is 0. The first kappa shape index (κ1) is 20.4.